The fourth-order valence-electron chi connectivity index (χ4n) is 1.17. The highest BCUT2D eigenvalue weighted by atomic mass is 35.5. The number of nitrogens with two attached hydrogens (primary N) is 1. The molecule has 88 valence electrons. The summed E-state index contributed by atoms with van der Waals surface area (Å²) in [5.41, 5.74) is 3.09. The molecule has 0 unspecified atom stereocenters. The maximum atomic E-state index is 6.02. The highest BCUT2D eigenvalue weighted by molar-refractivity contribution is 6.40. The second-order valence-corrected chi connectivity index (χ2v) is 3.78. The molecule has 1 rings (SSSR count). The maximum absolute atomic E-state index is 6.02. The van der Waals surface area contributed by atoms with Gasteiger partial charge in [-0.05, 0) is 12.1 Å². The smallest absolute Gasteiger partial charge is 0.145 e. The molecular formula is C10H13Cl2N3O. The third-order valence-corrected chi connectivity index (χ3v) is 2.53. The van der Waals surface area contributed by atoms with E-state index in [1.807, 2.05) is 0 Å². The second kappa shape index (κ2) is 6.70. The molecular weight excluding hydrogens is 249 g/mol. The van der Waals surface area contributed by atoms with Crippen molar-refractivity contribution in [2.45, 2.75) is 0 Å². The Morgan fingerprint density at radius 2 is 2.06 bits per heavy atom. The number of hydrazine groups is 1. The van der Waals surface area contributed by atoms with Crippen LogP contribution in [0.2, 0.25) is 10.0 Å². The van der Waals surface area contributed by atoms with Gasteiger partial charge in [0.25, 0.3) is 0 Å². The Morgan fingerprint density at radius 3 is 2.56 bits per heavy atom. The lowest BCUT2D eigenvalue weighted by Gasteiger charge is -2.09. The molecule has 1 aromatic rings. The highest BCUT2D eigenvalue weighted by Crippen LogP contribution is 2.24. The number of ether oxygens (including phenoxy) is 1. The van der Waals surface area contributed by atoms with E-state index in [4.69, 9.17) is 33.8 Å². The molecule has 0 bridgehead atoms. The van der Waals surface area contributed by atoms with Crippen molar-refractivity contribution in [3.63, 3.8) is 0 Å². The first kappa shape index (κ1) is 13.3. The van der Waals surface area contributed by atoms with Crippen LogP contribution < -0.4 is 11.3 Å². The summed E-state index contributed by atoms with van der Waals surface area (Å²) in [6.07, 6.45) is 0. The number of aliphatic imine (C=N–C) groups is 1. The Morgan fingerprint density at radius 1 is 1.44 bits per heavy atom. The first-order chi connectivity index (χ1) is 7.70. The molecule has 1 aromatic carbocycles. The fraction of sp³-hybridized carbons (Fsp3) is 0.300. The Kier molecular flexibility index (Phi) is 5.55. The van der Waals surface area contributed by atoms with E-state index in [0.29, 0.717) is 34.6 Å². The van der Waals surface area contributed by atoms with Gasteiger partial charge in [-0.3, -0.25) is 4.99 Å². The van der Waals surface area contributed by atoms with E-state index in [1.165, 1.54) is 0 Å². The van der Waals surface area contributed by atoms with Crippen molar-refractivity contribution in [3.05, 3.63) is 33.8 Å². The Balaban J connectivity index is 2.99. The lowest BCUT2D eigenvalue weighted by Crippen LogP contribution is -2.32. The minimum atomic E-state index is 0.452. The van der Waals surface area contributed by atoms with Crippen molar-refractivity contribution in [3.8, 4) is 0 Å². The average molecular weight is 262 g/mol. The average Bonchev–Trinajstić information content (AvgIpc) is 2.26. The number of hydrogen-bond acceptors (Lipinski definition) is 3. The van der Waals surface area contributed by atoms with Crippen molar-refractivity contribution in [1.82, 2.24) is 5.43 Å². The van der Waals surface area contributed by atoms with E-state index >= 15 is 0 Å². The molecule has 0 aromatic heterocycles. The van der Waals surface area contributed by atoms with E-state index in [0.717, 1.165) is 0 Å². The number of nitrogens with zero attached hydrogens (tertiary/aromatic N) is 1. The molecule has 0 saturated heterocycles. The van der Waals surface area contributed by atoms with Crippen LogP contribution in [0, 0.1) is 0 Å². The summed E-state index contributed by atoms with van der Waals surface area (Å²) in [6, 6.07) is 5.22. The summed E-state index contributed by atoms with van der Waals surface area (Å²) >= 11 is 12.0. The van der Waals surface area contributed by atoms with Gasteiger partial charge in [-0.1, -0.05) is 29.3 Å². The number of benzene rings is 1. The molecule has 0 saturated carbocycles. The quantitative estimate of drug-likeness (QED) is 0.286. The third-order valence-electron chi connectivity index (χ3n) is 1.90. The predicted molar refractivity (Wildman–Crippen MR) is 67.1 cm³/mol. The largest absolute Gasteiger partial charge is 0.383 e. The van der Waals surface area contributed by atoms with Crippen LogP contribution in [0.5, 0.6) is 0 Å². The number of hydrogen-bond donors (Lipinski definition) is 2. The molecule has 0 aliphatic carbocycles. The first-order valence-corrected chi connectivity index (χ1v) is 5.40. The molecule has 0 fully saturated rings. The van der Waals surface area contributed by atoms with Crippen LogP contribution >= 0.6 is 23.2 Å². The zero-order valence-electron chi connectivity index (χ0n) is 8.84. The molecule has 0 aliphatic rings. The molecule has 3 N–H and O–H groups in total. The Bertz CT molecular complexity index is 362. The summed E-state index contributed by atoms with van der Waals surface area (Å²) < 4.78 is 4.89. The monoisotopic (exact) mass is 261 g/mol. The third kappa shape index (κ3) is 3.35. The van der Waals surface area contributed by atoms with Crippen molar-refractivity contribution in [2.75, 3.05) is 20.3 Å². The summed E-state index contributed by atoms with van der Waals surface area (Å²) in [5.74, 6) is 5.84. The minimum absolute atomic E-state index is 0.452. The summed E-state index contributed by atoms with van der Waals surface area (Å²) in [5, 5.41) is 1.00. The fourth-order valence-corrected chi connectivity index (χ4v) is 1.75. The molecule has 4 nitrogen and oxygen atoms in total. The van der Waals surface area contributed by atoms with Gasteiger partial charge >= 0.3 is 0 Å². The maximum Gasteiger partial charge on any atom is 0.145 e. The summed E-state index contributed by atoms with van der Waals surface area (Å²) in [4.78, 5) is 4.21. The van der Waals surface area contributed by atoms with Gasteiger partial charge in [-0.15, -0.1) is 0 Å². The number of methoxy groups -OCH3 is 1. The van der Waals surface area contributed by atoms with Crippen LogP contribution in [0.15, 0.2) is 23.2 Å². The lowest BCUT2D eigenvalue weighted by atomic mass is 10.2. The number of amidine groups is 1. The van der Waals surface area contributed by atoms with Crippen LogP contribution in [0.1, 0.15) is 5.56 Å². The molecule has 0 amide bonds. The molecule has 16 heavy (non-hydrogen) atoms. The number of halogens is 2. The van der Waals surface area contributed by atoms with E-state index < -0.39 is 0 Å². The van der Waals surface area contributed by atoms with Gasteiger partial charge in [0.1, 0.15) is 5.84 Å². The van der Waals surface area contributed by atoms with E-state index in [2.05, 4.69) is 10.4 Å². The number of nitrogens with one attached hydrogen (secondary N) is 1. The Hall–Kier alpha value is -0.810. The van der Waals surface area contributed by atoms with Crippen molar-refractivity contribution < 1.29 is 4.74 Å². The summed E-state index contributed by atoms with van der Waals surface area (Å²) in [6.45, 7) is 0.991. The molecule has 0 heterocycles. The van der Waals surface area contributed by atoms with Crippen molar-refractivity contribution >= 4 is 29.0 Å². The van der Waals surface area contributed by atoms with Gasteiger partial charge in [0.05, 0.1) is 28.8 Å². The van der Waals surface area contributed by atoms with Gasteiger partial charge in [0.2, 0.25) is 0 Å². The summed E-state index contributed by atoms with van der Waals surface area (Å²) in [7, 11) is 1.60. The van der Waals surface area contributed by atoms with Crippen molar-refractivity contribution in [2.24, 2.45) is 10.8 Å². The van der Waals surface area contributed by atoms with E-state index in [-0.39, 0.29) is 0 Å². The van der Waals surface area contributed by atoms with Crippen LogP contribution in [-0.2, 0) is 4.74 Å². The zero-order chi connectivity index (χ0) is 12.0. The van der Waals surface area contributed by atoms with E-state index in [1.54, 1.807) is 25.3 Å². The van der Waals surface area contributed by atoms with Gasteiger partial charge in [-0.2, -0.15) is 0 Å². The molecule has 0 atom stereocenters. The normalized spacial score (nSPS) is 11.6. The molecule has 6 heteroatoms. The molecule has 0 radical (unpaired) electrons. The van der Waals surface area contributed by atoms with Gasteiger partial charge < -0.3 is 10.2 Å². The van der Waals surface area contributed by atoms with Crippen LogP contribution in [-0.4, -0.2) is 26.1 Å². The zero-order valence-corrected chi connectivity index (χ0v) is 10.3. The van der Waals surface area contributed by atoms with Gasteiger partial charge in [0, 0.05) is 7.11 Å². The van der Waals surface area contributed by atoms with Gasteiger partial charge in [-0.25, -0.2) is 5.84 Å². The van der Waals surface area contributed by atoms with Crippen LogP contribution in [0.3, 0.4) is 0 Å². The molecule has 0 spiro atoms. The first-order valence-electron chi connectivity index (χ1n) is 4.65. The topological polar surface area (TPSA) is 59.6 Å². The molecule has 0 aliphatic heterocycles. The Labute approximate surface area is 104 Å². The highest BCUT2D eigenvalue weighted by Gasteiger charge is 2.10. The predicted octanol–water partition coefficient (Wildman–Crippen LogP) is 1.85. The lowest BCUT2D eigenvalue weighted by molar-refractivity contribution is 0.208. The van der Waals surface area contributed by atoms with Crippen LogP contribution in [0.25, 0.3) is 0 Å². The number of rotatable bonds is 4. The van der Waals surface area contributed by atoms with Crippen molar-refractivity contribution in [1.29, 1.82) is 0 Å². The minimum Gasteiger partial charge on any atom is -0.383 e. The standard InChI is InChI=1S/C10H13Cl2N3O/c1-16-6-5-14-10(15-13)9-7(11)3-2-4-8(9)12/h2-4H,5-6,13H2,1H3,(H,14,15). The SMILES string of the molecule is COCCN=C(NN)c1c(Cl)cccc1Cl. The van der Waals surface area contributed by atoms with E-state index in [9.17, 15) is 0 Å². The van der Waals surface area contributed by atoms with Gasteiger partial charge in [0.15, 0.2) is 0 Å². The van der Waals surface area contributed by atoms with Crippen LogP contribution in [0.4, 0.5) is 0 Å². The second-order valence-electron chi connectivity index (χ2n) is 2.96.